The predicted molar refractivity (Wildman–Crippen MR) is 282 cm³/mol. The number of aromatic carboxylic acids is 2. The Kier molecular flexibility index (Phi) is 20.4. The standard InChI is InChI=1S/C46H50Br8N2O6/c1-3-5-7-9-11-13-15-17-19-21-55-43(57)31-25-23-27(35(47)39(31)51)29-24-26(33(45(59)60)41(53)37(29)49)34(46(61)62)42(54)38(50)30(24)28(23)36(48)40(52)32(25)44(58)56-22-20-18-16-14-12-10-8-6-4-2/h3-22H2,1-2H3,(H,55,57)(H,56,58)(H,59,60)(H,61,62). The molecule has 0 aliphatic rings. The molecule has 5 rings (SSSR count). The summed E-state index contributed by atoms with van der Waals surface area (Å²) < 4.78 is 2.67. The van der Waals surface area contributed by atoms with E-state index in [2.05, 4.69) is 152 Å². The minimum atomic E-state index is -1.33. The van der Waals surface area contributed by atoms with Crippen molar-refractivity contribution in [2.24, 2.45) is 0 Å². The van der Waals surface area contributed by atoms with E-state index in [0.29, 0.717) is 77.6 Å². The van der Waals surface area contributed by atoms with E-state index in [0.717, 1.165) is 38.5 Å². The third-order valence-electron chi connectivity index (χ3n) is 11.5. The van der Waals surface area contributed by atoms with Gasteiger partial charge in [-0.15, -0.1) is 0 Å². The molecule has 16 heteroatoms. The van der Waals surface area contributed by atoms with E-state index >= 15 is 0 Å². The largest absolute Gasteiger partial charge is 0.478 e. The Labute approximate surface area is 430 Å². The first-order valence-corrected chi connectivity index (χ1v) is 27.7. The SMILES string of the molecule is CCCCCCCCCCCNC(=O)c1c(Br)c(Br)c2c3c(Br)c(Br)c(C(=O)O)c4c(C(=O)O)c(Br)c(Br)c(c5c(Br)c(Br)c(C(=O)NCCCCCCCCCCC)c1c25)c43. The molecular formula is C46H50Br8N2O6. The van der Waals surface area contributed by atoms with Crippen LogP contribution in [0.25, 0.3) is 43.1 Å². The number of hydrogen-bond donors (Lipinski definition) is 4. The van der Waals surface area contributed by atoms with Gasteiger partial charge in [-0.3, -0.25) is 9.59 Å². The first kappa shape index (κ1) is 52.1. The van der Waals surface area contributed by atoms with Crippen LogP contribution in [0.5, 0.6) is 0 Å². The Balaban J connectivity index is 1.71. The molecule has 0 unspecified atom stereocenters. The van der Waals surface area contributed by atoms with Gasteiger partial charge in [0.2, 0.25) is 0 Å². The van der Waals surface area contributed by atoms with Gasteiger partial charge in [-0.25, -0.2) is 9.59 Å². The molecule has 2 amide bonds. The first-order valence-electron chi connectivity index (χ1n) is 21.4. The zero-order valence-corrected chi connectivity index (χ0v) is 47.4. The number of nitrogens with one attached hydrogen (secondary N) is 2. The van der Waals surface area contributed by atoms with Crippen LogP contribution in [0, 0.1) is 0 Å². The van der Waals surface area contributed by atoms with Gasteiger partial charge in [0.1, 0.15) is 0 Å². The molecule has 0 saturated heterocycles. The molecule has 0 aromatic heterocycles. The lowest BCUT2D eigenvalue weighted by molar-refractivity contribution is 0.0694. The third kappa shape index (κ3) is 10.9. The van der Waals surface area contributed by atoms with Crippen LogP contribution in [-0.4, -0.2) is 47.1 Å². The molecule has 0 radical (unpaired) electrons. The zero-order valence-electron chi connectivity index (χ0n) is 34.7. The highest BCUT2D eigenvalue weighted by atomic mass is 79.9. The molecule has 336 valence electrons. The number of carboxylic acid groups (broad SMARTS) is 2. The highest BCUT2D eigenvalue weighted by Crippen LogP contribution is 2.58. The Morgan fingerprint density at radius 1 is 0.339 bits per heavy atom. The van der Waals surface area contributed by atoms with Crippen molar-refractivity contribution in [3.05, 3.63) is 58.0 Å². The number of rotatable bonds is 24. The molecule has 8 nitrogen and oxygen atoms in total. The van der Waals surface area contributed by atoms with E-state index in [1.54, 1.807) is 0 Å². The zero-order chi connectivity index (χ0) is 45.4. The van der Waals surface area contributed by atoms with Gasteiger partial charge in [0.15, 0.2) is 0 Å². The van der Waals surface area contributed by atoms with Gasteiger partial charge in [-0.1, -0.05) is 117 Å². The van der Waals surface area contributed by atoms with Crippen LogP contribution < -0.4 is 10.6 Å². The van der Waals surface area contributed by atoms with Crippen LogP contribution in [0.1, 0.15) is 171 Å². The maximum absolute atomic E-state index is 14.6. The second kappa shape index (κ2) is 24.2. The third-order valence-corrected chi connectivity index (χ3v) is 20.0. The van der Waals surface area contributed by atoms with E-state index in [9.17, 15) is 29.4 Å². The lowest BCUT2D eigenvalue weighted by atomic mass is 9.84. The molecule has 0 aliphatic carbocycles. The number of carbonyl (C=O) groups excluding carboxylic acids is 2. The van der Waals surface area contributed by atoms with E-state index < -0.39 is 11.9 Å². The molecule has 0 atom stereocenters. The molecule has 0 fully saturated rings. The smallest absolute Gasteiger partial charge is 0.337 e. The minimum Gasteiger partial charge on any atom is -0.478 e. The van der Waals surface area contributed by atoms with E-state index in [-0.39, 0.29) is 48.4 Å². The Bertz CT molecular complexity index is 2350. The number of halogens is 8. The average molecular weight is 1370 g/mol. The molecule has 0 aliphatic heterocycles. The summed E-state index contributed by atoms with van der Waals surface area (Å²) in [5.74, 6) is -3.39. The van der Waals surface area contributed by atoms with Crippen LogP contribution >= 0.6 is 127 Å². The minimum absolute atomic E-state index is 0.00412. The molecule has 5 aromatic carbocycles. The highest BCUT2D eigenvalue weighted by Gasteiger charge is 2.36. The van der Waals surface area contributed by atoms with Crippen LogP contribution in [0.3, 0.4) is 0 Å². The fraction of sp³-hybridized carbons (Fsp3) is 0.478. The Morgan fingerprint density at radius 2 is 0.581 bits per heavy atom. The number of unbranched alkanes of at least 4 members (excludes halogenated alkanes) is 16. The highest BCUT2D eigenvalue weighted by molar-refractivity contribution is 9.14. The van der Waals surface area contributed by atoms with Crippen LogP contribution in [0.15, 0.2) is 35.8 Å². The fourth-order valence-electron chi connectivity index (χ4n) is 8.47. The molecule has 4 N–H and O–H groups in total. The maximum atomic E-state index is 14.6. The average Bonchev–Trinajstić information content (AvgIpc) is 3.23. The predicted octanol–water partition coefficient (Wildman–Crippen LogP) is 17.8. The summed E-state index contributed by atoms with van der Waals surface area (Å²) in [6, 6.07) is 0. The van der Waals surface area contributed by atoms with Crippen molar-refractivity contribution in [1.82, 2.24) is 10.6 Å². The summed E-state index contributed by atoms with van der Waals surface area (Å²) in [5, 5.41) is 30.8. The van der Waals surface area contributed by atoms with Crippen molar-refractivity contribution < 1.29 is 29.4 Å². The summed E-state index contributed by atoms with van der Waals surface area (Å²) in [4.78, 5) is 55.3. The Morgan fingerprint density at radius 3 is 0.855 bits per heavy atom. The van der Waals surface area contributed by atoms with E-state index in [4.69, 9.17) is 0 Å². The Hall–Kier alpha value is -0.880. The van der Waals surface area contributed by atoms with Gasteiger partial charge in [0, 0.05) is 92.0 Å². The van der Waals surface area contributed by atoms with Crippen molar-refractivity contribution in [2.45, 2.75) is 129 Å². The molecule has 0 spiro atoms. The lowest BCUT2D eigenvalue weighted by Gasteiger charge is -2.26. The second-order valence-electron chi connectivity index (χ2n) is 15.8. The molecule has 0 saturated carbocycles. The van der Waals surface area contributed by atoms with Crippen LogP contribution in [-0.2, 0) is 0 Å². The molecule has 0 heterocycles. The summed E-state index contributed by atoms with van der Waals surface area (Å²) in [7, 11) is 0. The number of carbonyl (C=O) groups is 4. The summed E-state index contributed by atoms with van der Waals surface area (Å²) in [6.45, 7) is 5.33. The monoisotopic (exact) mass is 1360 g/mol. The fourth-order valence-corrected chi connectivity index (χ4v) is 13.1. The quantitative estimate of drug-likeness (QED) is 0.0276. The van der Waals surface area contributed by atoms with Gasteiger partial charge in [0.05, 0.1) is 22.3 Å². The van der Waals surface area contributed by atoms with Crippen molar-refractivity contribution in [2.75, 3.05) is 13.1 Å². The van der Waals surface area contributed by atoms with Gasteiger partial charge in [0.25, 0.3) is 11.8 Å². The maximum Gasteiger partial charge on any atom is 0.337 e. The summed E-state index contributed by atoms with van der Waals surface area (Å²) >= 11 is 29.7. The topological polar surface area (TPSA) is 133 Å². The lowest BCUT2D eigenvalue weighted by Crippen LogP contribution is -2.28. The van der Waals surface area contributed by atoms with Crippen molar-refractivity contribution in [3.8, 4) is 0 Å². The summed E-state index contributed by atoms with van der Waals surface area (Å²) in [5.41, 5.74) is 0.0206. The molecular weight excluding hydrogens is 1320 g/mol. The van der Waals surface area contributed by atoms with E-state index in [1.165, 1.54) is 77.0 Å². The molecule has 0 bridgehead atoms. The number of hydrogen-bond acceptors (Lipinski definition) is 4. The number of carboxylic acids is 2. The van der Waals surface area contributed by atoms with Gasteiger partial charge < -0.3 is 20.8 Å². The number of fused-ring (bicyclic) bond motifs is 2. The van der Waals surface area contributed by atoms with Crippen molar-refractivity contribution in [1.29, 1.82) is 0 Å². The first-order chi connectivity index (χ1) is 29.6. The van der Waals surface area contributed by atoms with Gasteiger partial charge in [-0.05, 0) is 140 Å². The second-order valence-corrected chi connectivity index (χ2v) is 22.1. The van der Waals surface area contributed by atoms with E-state index in [1.807, 2.05) is 0 Å². The molecule has 62 heavy (non-hydrogen) atoms. The number of benzene rings is 5. The van der Waals surface area contributed by atoms with Crippen molar-refractivity contribution >= 4 is 194 Å². The van der Waals surface area contributed by atoms with Gasteiger partial charge >= 0.3 is 11.9 Å². The van der Waals surface area contributed by atoms with Crippen LogP contribution in [0.2, 0.25) is 0 Å². The summed E-state index contributed by atoms with van der Waals surface area (Å²) in [6.07, 6.45) is 20.6. The van der Waals surface area contributed by atoms with Gasteiger partial charge in [-0.2, -0.15) is 0 Å². The van der Waals surface area contributed by atoms with Crippen molar-refractivity contribution in [3.63, 3.8) is 0 Å². The normalized spacial score (nSPS) is 11.8. The van der Waals surface area contributed by atoms with Crippen LogP contribution in [0.4, 0.5) is 0 Å². The number of amides is 2. The molecule has 5 aromatic rings.